The molecule has 0 aliphatic carbocycles. The van der Waals surface area contributed by atoms with Gasteiger partial charge in [-0.25, -0.2) is 14.4 Å². The lowest BCUT2D eigenvalue weighted by Crippen LogP contribution is -2.30. The minimum atomic E-state index is -0.594. The van der Waals surface area contributed by atoms with Crippen molar-refractivity contribution >= 4 is 11.6 Å². The van der Waals surface area contributed by atoms with Crippen LogP contribution in [-0.2, 0) is 13.1 Å². The van der Waals surface area contributed by atoms with Gasteiger partial charge in [-0.15, -0.1) is 0 Å². The minimum absolute atomic E-state index is 0.00191. The van der Waals surface area contributed by atoms with Crippen LogP contribution >= 0.6 is 0 Å². The zero-order valence-corrected chi connectivity index (χ0v) is 17.9. The van der Waals surface area contributed by atoms with Gasteiger partial charge in [0, 0.05) is 44.3 Å². The molecule has 0 N–H and O–H groups in total. The Labute approximate surface area is 186 Å². The number of aromatic nitrogens is 2. The number of anilines is 1. The first-order valence-electron chi connectivity index (χ1n) is 10.1. The second kappa shape index (κ2) is 9.43. The highest BCUT2D eigenvalue weighted by Crippen LogP contribution is 2.23. The molecule has 0 spiro atoms. The number of hydrogen-bond acceptors (Lipinski definition) is 5. The van der Waals surface area contributed by atoms with E-state index in [0.717, 1.165) is 11.3 Å². The fourth-order valence-corrected chi connectivity index (χ4v) is 3.40. The maximum Gasteiger partial charge on any atom is 0.257 e. The quantitative estimate of drug-likeness (QED) is 0.422. The van der Waals surface area contributed by atoms with Gasteiger partial charge in [0.15, 0.2) is 0 Å². The predicted molar refractivity (Wildman–Crippen MR) is 120 cm³/mol. The molecule has 4 rings (SSSR count). The molecular formula is C25H23FN4O2. The number of amides is 1. The highest BCUT2D eigenvalue weighted by molar-refractivity contribution is 5.95. The summed E-state index contributed by atoms with van der Waals surface area (Å²) in [4.78, 5) is 24.8. The number of rotatable bonds is 7. The number of nitrogens with zero attached hydrogens (tertiary/aromatic N) is 4. The third kappa shape index (κ3) is 4.83. The summed E-state index contributed by atoms with van der Waals surface area (Å²) in [5.74, 6) is -0.378. The molecular weight excluding hydrogens is 407 g/mol. The molecule has 0 unspecified atom stereocenters. The van der Waals surface area contributed by atoms with Crippen LogP contribution < -0.4 is 4.90 Å². The molecule has 7 heteroatoms. The summed E-state index contributed by atoms with van der Waals surface area (Å²) in [5.41, 5.74) is 3.29. The minimum Gasteiger partial charge on any atom is -0.467 e. The molecule has 2 aromatic carbocycles. The molecule has 2 heterocycles. The van der Waals surface area contributed by atoms with E-state index in [4.69, 9.17) is 4.42 Å². The number of carbonyl (C=O) groups is 1. The van der Waals surface area contributed by atoms with E-state index >= 15 is 0 Å². The van der Waals surface area contributed by atoms with Crippen molar-refractivity contribution in [1.82, 2.24) is 14.9 Å². The van der Waals surface area contributed by atoms with Gasteiger partial charge in [-0.1, -0.05) is 18.2 Å². The molecule has 0 fully saturated rings. The summed E-state index contributed by atoms with van der Waals surface area (Å²) < 4.78 is 20.4. The van der Waals surface area contributed by atoms with E-state index in [1.165, 1.54) is 18.5 Å². The van der Waals surface area contributed by atoms with Crippen molar-refractivity contribution < 1.29 is 13.6 Å². The molecule has 0 saturated heterocycles. The van der Waals surface area contributed by atoms with Crippen LogP contribution in [0.4, 0.5) is 10.1 Å². The van der Waals surface area contributed by atoms with E-state index < -0.39 is 11.7 Å². The van der Waals surface area contributed by atoms with Gasteiger partial charge >= 0.3 is 0 Å². The van der Waals surface area contributed by atoms with Crippen molar-refractivity contribution in [3.63, 3.8) is 0 Å². The van der Waals surface area contributed by atoms with Gasteiger partial charge in [0.1, 0.15) is 17.9 Å². The summed E-state index contributed by atoms with van der Waals surface area (Å²) >= 11 is 0. The van der Waals surface area contributed by atoms with Crippen LogP contribution in [0.5, 0.6) is 0 Å². The van der Waals surface area contributed by atoms with Gasteiger partial charge in [0.25, 0.3) is 5.91 Å². The normalized spacial score (nSPS) is 10.7. The molecule has 0 radical (unpaired) electrons. The molecule has 32 heavy (non-hydrogen) atoms. The summed E-state index contributed by atoms with van der Waals surface area (Å²) in [7, 11) is 3.94. The van der Waals surface area contributed by atoms with Crippen LogP contribution in [0.1, 0.15) is 21.7 Å². The van der Waals surface area contributed by atoms with E-state index in [2.05, 4.69) is 9.97 Å². The zero-order valence-electron chi connectivity index (χ0n) is 17.9. The fraction of sp³-hybridized carbons (Fsp3) is 0.160. The molecule has 0 aliphatic heterocycles. The Morgan fingerprint density at radius 1 is 0.969 bits per heavy atom. The average molecular weight is 430 g/mol. The Bertz CT molecular complexity index is 1180. The summed E-state index contributed by atoms with van der Waals surface area (Å²) in [5, 5.41) is 0. The standard InChI is InChI=1S/C25H23FN4O2/c1-29(2)21-8-5-18(6-9-21)15-30(16-22-4-3-11-32-22)25(31)23-10-7-19(12-24(23)26)20-13-27-17-28-14-20/h3-14,17H,15-16H2,1-2H3. The number of benzene rings is 2. The average Bonchev–Trinajstić information content (AvgIpc) is 3.32. The number of carbonyl (C=O) groups excluding carboxylic acids is 1. The highest BCUT2D eigenvalue weighted by Gasteiger charge is 2.21. The molecule has 162 valence electrons. The lowest BCUT2D eigenvalue weighted by atomic mass is 10.0. The van der Waals surface area contributed by atoms with Crippen LogP contribution in [0, 0.1) is 5.82 Å². The Kier molecular flexibility index (Phi) is 6.26. The Morgan fingerprint density at radius 2 is 1.72 bits per heavy atom. The molecule has 0 saturated carbocycles. The van der Waals surface area contributed by atoms with E-state index in [1.54, 1.807) is 41.8 Å². The molecule has 4 aromatic rings. The van der Waals surface area contributed by atoms with Crippen molar-refractivity contribution in [1.29, 1.82) is 0 Å². The summed E-state index contributed by atoms with van der Waals surface area (Å²) in [6, 6.07) is 16.0. The molecule has 2 aromatic heterocycles. The van der Waals surface area contributed by atoms with Gasteiger partial charge in [-0.3, -0.25) is 4.79 Å². The largest absolute Gasteiger partial charge is 0.467 e. The molecule has 6 nitrogen and oxygen atoms in total. The lowest BCUT2D eigenvalue weighted by Gasteiger charge is -2.23. The van der Waals surface area contributed by atoms with Crippen LogP contribution in [0.25, 0.3) is 11.1 Å². The Hall–Kier alpha value is -4.00. The van der Waals surface area contributed by atoms with E-state index in [1.807, 2.05) is 43.3 Å². The molecule has 0 atom stereocenters. The number of furan rings is 1. The van der Waals surface area contributed by atoms with Gasteiger partial charge in [0.2, 0.25) is 0 Å². The van der Waals surface area contributed by atoms with Crippen molar-refractivity contribution in [2.45, 2.75) is 13.1 Å². The predicted octanol–water partition coefficient (Wildman–Crippen LogP) is 4.78. The van der Waals surface area contributed by atoms with Gasteiger partial charge in [-0.05, 0) is 47.5 Å². The van der Waals surface area contributed by atoms with E-state index in [9.17, 15) is 9.18 Å². The maximum atomic E-state index is 15.0. The summed E-state index contributed by atoms with van der Waals surface area (Å²) in [6.45, 7) is 0.552. The van der Waals surface area contributed by atoms with Crippen molar-refractivity contribution in [3.8, 4) is 11.1 Å². The third-order valence-electron chi connectivity index (χ3n) is 5.13. The first-order valence-corrected chi connectivity index (χ1v) is 10.1. The van der Waals surface area contributed by atoms with E-state index in [0.29, 0.717) is 23.4 Å². The Balaban J connectivity index is 1.61. The van der Waals surface area contributed by atoms with E-state index in [-0.39, 0.29) is 12.1 Å². The smallest absolute Gasteiger partial charge is 0.257 e. The monoisotopic (exact) mass is 430 g/mol. The van der Waals surface area contributed by atoms with Gasteiger partial charge in [-0.2, -0.15) is 0 Å². The second-order valence-electron chi connectivity index (χ2n) is 7.62. The highest BCUT2D eigenvalue weighted by atomic mass is 19.1. The lowest BCUT2D eigenvalue weighted by molar-refractivity contribution is 0.0713. The van der Waals surface area contributed by atoms with Crippen LogP contribution in [0.2, 0.25) is 0 Å². The van der Waals surface area contributed by atoms with Gasteiger partial charge in [0.05, 0.1) is 18.4 Å². The van der Waals surface area contributed by atoms with Crippen molar-refractivity contribution in [2.24, 2.45) is 0 Å². The Morgan fingerprint density at radius 3 is 2.34 bits per heavy atom. The maximum absolute atomic E-state index is 15.0. The third-order valence-corrected chi connectivity index (χ3v) is 5.13. The molecule has 0 bridgehead atoms. The SMILES string of the molecule is CN(C)c1ccc(CN(Cc2ccco2)C(=O)c2ccc(-c3cncnc3)cc2F)cc1. The van der Waals surface area contributed by atoms with Crippen LogP contribution in [0.15, 0.2) is 84.0 Å². The first kappa shape index (κ1) is 21.2. The topological polar surface area (TPSA) is 62.5 Å². The second-order valence-corrected chi connectivity index (χ2v) is 7.62. The van der Waals surface area contributed by atoms with Crippen LogP contribution in [0.3, 0.4) is 0 Å². The fourth-order valence-electron chi connectivity index (χ4n) is 3.40. The van der Waals surface area contributed by atoms with Crippen molar-refractivity contribution in [2.75, 3.05) is 19.0 Å². The molecule has 1 amide bonds. The van der Waals surface area contributed by atoms with Crippen LogP contribution in [-0.4, -0.2) is 34.9 Å². The number of hydrogen-bond donors (Lipinski definition) is 0. The zero-order chi connectivity index (χ0) is 22.5. The number of halogens is 1. The summed E-state index contributed by atoms with van der Waals surface area (Å²) in [6.07, 6.45) is 6.17. The van der Waals surface area contributed by atoms with Gasteiger partial charge < -0.3 is 14.2 Å². The molecule has 0 aliphatic rings. The van der Waals surface area contributed by atoms with Crippen molar-refractivity contribution in [3.05, 3.63) is 102 Å². The first-order chi connectivity index (χ1) is 15.5.